The first-order valence-electron chi connectivity index (χ1n) is 7.59. The van der Waals surface area contributed by atoms with Gasteiger partial charge in [0.15, 0.2) is 5.82 Å². The molecule has 0 fully saturated rings. The van der Waals surface area contributed by atoms with Gasteiger partial charge in [0, 0.05) is 17.9 Å². The van der Waals surface area contributed by atoms with Crippen molar-refractivity contribution in [3.63, 3.8) is 0 Å². The van der Waals surface area contributed by atoms with Crippen LogP contribution in [0.15, 0.2) is 60.8 Å². The third kappa shape index (κ3) is 3.47. The predicted molar refractivity (Wildman–Crippen MR) is 93.4 cm³/mol. The van der Waals surface area contributed by atoms with Crippen LogP contribution in [0.25, 0.3) is 0 Å². The highest BCUT2D eigenvalue weighted by atomic mass is 15.3. The summed E-state index contributed by atoms with van der Waals surface area (Å²) in [6.45, 7) is 2.81. The first-order valence-corrected chi connectivity index (χ1v) is 7.59. The Balaban J connectivity index is 1.87. The summed E-state index contributed by atoms with van der Waals surface area (Å²) in [5, 5.41) is 20.1. The molecule has 6 nitrogen and oxygen atoms in total. The van der Waals surface area contributed by atoms with Crippen LogP contribution in [0.5, 0.6) is 0 Å². The van der Waals surface area contributed by atoms with Gasteiger partial charge >= 0.3 is 0 Å². The fraction of sp³-hybridized carbons (Fsp3) is 0.111. The zero-order valence-corrected chi connectivity index (χ0v) is 13.2. The van der Waals surface area contributed by atoms with Gasteiger partial charge in [0.05, 0.1) is 17.8 Å². The van der Waals surface area contributed by atoms with Gasteiger partial charge in [-0.1, -0.05) is 24.3 Å². The second-order valence-corrected chi connectivity index (χ2v) is 5.04. The Labute approximate surface area is 140 Å². The largest absolute Gasteiger partial charge is 0.325 e. The lowest BCUT2D eigenvalue weighted by molar-refractivity contribution is 0.922. The highest BCUT2D eigenvalue weighted by molar-refractivity contribution is 5.61. The van der Waals surface area contributed by atoms with Crippen LogP contribution in [0, 0.1) is 11.3 Å². The summed E-state index contributed by atoms with van der Waals surface area (Å²) in [5.74, 6) is 1.09. The van der Waals surface area contributed by atoms with Gasteiger partial charge in [0.2, 0.25) is 5.95 Å². The quantitative estimate of drug-likeness (QED) is 0.774. The summed E-state index contributed by atoms with van der Waals surface area (Å²) < 4.78 is 0. The van der Waals surface area contributed by atoms with E-state index in [1.807, 2.05) is 41.3 Å². The molecule has 3 aromatic rings. The number of hydrogen-bond acceptors (Lipinski definition) is 6. The summed E-state index contributed by atoms with van der Waals surface area (Å²) in [4.78, 5) is 6.58. The molecule has 0 aliphatic carbocycles. The van der Waals surface area contributed by atoms with E-state index < -0.39 is 0 Å². The van der Waals surface area contributed by atoms with Gasteiger partial charge in [-0.3, -0.25) is 0 Å². The standard InChI is InChI=1S/C18H16N6/c1-2-24(16-9-4-3-5-10-16)17-13-20-23-18(22-17)21-15-8-6-7-14(11-15)12-19/h3-11,13H,2H2,1H3,(H,21,22,23). The third-order valence-electron chi connectivity index (χ3n) is 3.45. The fourth-order valence-corrected chi connectivity index (χ4v) is 2.36. The molecule has 1 N–H and O–H groups in total. The minimum absolute atomic E-state index is 0.386. The van der Waals surface area contributed by atoms with Crippen molar-refractivity contribution < 1.29 is 0 Å². The molecule has 2 aromatic carbocycles. The average molecular weight is 316 g/mol. The summed E-state index contributed by atoms with van der Waals surface area (Å²) in [7, 11) is 0. The van der Waals surface area contributed by atoms with E-state index in [-0.39, 0.29) is 0 Å². The van der Waals surface area contributed by atoms with Crippen molar-refractivity contribution in [3.8, 4) is 6.07 Å². The molecule has 24 heavy (non-hydrogen) atoms. The maximum absolute atomic E-state index is 8.97. The lowest BCUT2D eigenvalue weighted by Gasteiger charge is -2.21. The lowest BCUT2D eigenvalue weighted by Crippen LogP contribution is -2.18. The van der Waals surface area contributed by atoms with Crippen molar-refractivity contribution in [2.45, 2.75) is 6.92 Å². The van der Waals surface area contributed by atoms with Crippen molar-refractivity contribution in [2.24, 2.45) is 0 Å². The molecule has 1 aromatic heterocycles. The number of para-hydroxylation sites is 1. The monoisotopic (exact) mass is 316 g/mol. The van der Waals surface area contributed by atoms with E-state index in [1.54, 1.807) is 24.4 Å². The fourth-order valence-electron chi connectivity index (χ4n) is 2.36. The Kier molecular flexibility index (Phi) is 4.63. The van der Waals surface area contributed by atoms with Crippen LogP contribution < -0.4 is 10.2 Å². The highest BCUT2D eigenvalue weighted by Gasteiger charge is 2.10. The normalized spacial score (nSPS) is 10.0. The number of hydrogen-bond donors (Lipinski definition) is 1. The first-order chi connectivity index (χ1) is 11.8. The third-order valence-corrected chi connectivity index (χ3v) is 3.45. The number of anilines is 4. The molecule has 6 heteroatoms. The molecule has 0 atom stereocenters. The van der Waals surface area contributed by atoms with E-state index in [1.165, 1.54) is 0 Å². The second kappa shape index (κ2) is 7.20. The van der Waals surface area contributed by atoms with Crippen molar-refractivity contribution >= 4 is 23.1 Å². The van der Waals surface area contributed by atoms with Gasteiger partial charge in [-0.25, -0.2) is 0 Å². The maximum Gasteiger partial charge on any atom is 0.249 e. The van der Waals surface area contributed by atoms with Gasteiger partial charge in [-0.05, 0) is 37.3 Å². The molecule has 0 amide bonds. The number of nitriles is 1. The summed E-state index contributed by atoms with van der Waals surface area (Å²) >= 11 is 0. The molecule has 0 aliphatic heterocycles. The minimum Gasteiger partial charge on any atom is -0.325 e. The van der Waals surface area contributed by atoms with E-state index >= 15 is 0 Å². The minimum atomic E-state index is 0.386. The molecule has 0 saturated carbocycles. The average Bonchev–Trinajstić information content (AvgIpc) is 2.64. The molecule has 0 unspecified atom stereocenters. The Hall–Kier alpha value is -3.46. The van der Waals surface area contributed by atoms with Gasteiger partial charge in [0.25, 0.3) is 0 Å². The number of aromatic nitrogens is 3. The van der Waals surface area contributed by atoms with E-state index in [9.17, 15) is 0 Å². The molecule has 118 valence electrons. The molecular formula is C18H16N6. The zero-order valence-electron chi connectivity index (χ0n) is 13.2. The first kappa shape index (κ1) is 15.4. The van der Waals surface area contributed by atoms with E-state index in [0.717, 1.165) is 17.9 Å². The molecule has 3 rings (SSSR count). The Bertz CT molecular complexity index is 857. The van der Waals surface area contributed by atoms with Crippen molar-refractivity contribution in [3.05, 3.63) is 66.4 Å². The molecule has 0 spiro atoms. The lowest BCUT2D eigenvalue weighted by atomic mass is 10.2. The molecular weight excluding hydrogens is 300 g/mol. The number of nitrogens with zero attached hydrogens (tertiary/aromatic N) is 5. The van der Waals surface area contributed by atoms with Crippen molar-refractivity contribution in [1.29, 1.82) is 5.26 Å². The summed E-state index contributed by atoms with van der Waals surface area (Å²) in [6, 6.07) is 19.2. The number of benzene rings is 2. The molecule has 0 aliphatic rings. The van der Waals surface area contributed by atoms with Crippen molar-refractivity contribution in [2.75, 3.05) is 16.8 Å². The van der Waals surface area contributed by atoms with E-state index in [4.69, 9.17) is 5.26 Å². The predicted octanol–water partition coefficient (Wildman–Crippen LogP) is 3.64. The van der Waals surface area contributed by atoms with Gasteiger partial charge in [0.1, 0.15) is 0 Å². The van der Waals surface area contributed by atoms with Crippen LogP contribution in [0.3, 0.4) is 0 Å². The van der Waals surface area contributed by atoms with Crippen LogP contribution in [0.4, 0.5) is 23.1 Å². The zero-order chi connectivity index (χ0) is 16.8. The van der Waals surface area contributed by atoms with E-state index in [2.05, 4.69) is 33.5 Å². The Morgan fingerprint density at radius 3 is 2.71 bits per heavy atom. The SMILES string of the molecule is CCN(c1ccccc1)c1cnnc(Nc2cccc(C#N)c2)n1. The second-order valence-electron chi connectivity index (χ2n) is 5.04. The molecule has 0 radical (unpaired) electrons. The molecule has 0 saturated heterocycles. The van der Waals surface area contributed by atoms with Crippen LogP contribution in [-0.4, -0.2) is 21.7 Å². The number of rotatable bonds is 5. The van der Waals surface area contributed by atoms with Crippen LogP contribution >= 0.6 is 0 Å². The highest BCUT2D eigenvalue weighted by Crippen LogP contribution is 2.23. The molecule has 1 heterocycles. The van der Waals surface area contributed by atoms with Gasteiger partial charge in [-0.15, -0.1) is 5.10 Å². The van der Waals surface area contributed by atoms with Gasteiger partial charge in [-0.2, -0.15) is 15.3 Å². The van der Waals surface area contributed by atoms with E-state index in [0.29, 0.717) is 17.3 Å². The maximum atomic E-state index is 8.97. The Morgan fingerprint density at radius 2 is 1.96 bits per heavy atom. The number of nitrogens with one attached hydrogen (secondary N) is 1. The van der Waals surface area contributed by atoms with Crippen LogP contribution in [0.1, 0.15) is 12.5 Å². The summed E-state index contributed by atoms with van der Waals surface area (Å²) in [6.07, 6.45) is 1.63. The van der Waals surface area contributed by atoms with Crippen LogP contribution in [-0.2, 0) is 0 Å². The summed E-state index contributed by atoms with van der Waals surface area (Å²) in [5.41, 5.74) is 2.36. The smallest absolute Gasteiger partial charge is 0.249 e. The topological polar surface area (TPSA) is 77.7 Å². The van der Waals surface area contributed by atoms with Crippen LogP contribution in [0.2, 0.25) is 0 Å². The Morgan fingerprint density at radius 1 is 1.12 bits per heavy atom. The molecule has 0 bridgehead atoms. The van der Waals surface area contributed by atoms with Gasteiger partial charge < -0.3 is 10.2 Å². The van der Waals surface area contributed by atoms with Crippen molar-refractivity contribution in [1.82, 2.24) is 15.2 Å².